The molecule has 2 aliphatic carbocycles. The van der Waals surface area contributed by atoms with Crippen molar-refractivity contribution in [3.05, 3.63) is 180 Å². The summed E-state index contributed by atoms with van der Waals surface area (Å²) in [6.45, 7) is 0. The molecular formula is C52H38N2O4. The van der Waals surface area contributed by atoms with Crippen LogP contribution in [0.1, 0.15) is 35.1 Å². The molecule has 0 saturated carbocycles. The number of nitrogens with zero attached hydrogens (tertiary/aromatic N) is 2. The van der Waals surface area contributed by atoms with E-state index >= 15 is 0 Å². The van der Waals surface area contributed by atoms with E-state index in [0.29, 0.717) is 0 Å². The Morgan fingerprint density at radius 2 is 0.690 bits per heavy atom. The number of rotatable bonds is 8. The molecule has 4 heterocycles. The molecule has 12 rings (SSSR count). The predicted molar refractivity (Wildman–Crippen MR) is 232 cm³/mol. The van der Waals surface area contributed by atoms with Crippen LogP contribution in [0.2, 0.25) is 0 Å². The number of aryl methyl sites for hydroxylation is 4. The van der Waals surface area contributed by atoms with E-state index in [2.05, 4.69) is 82.6 Å². The quantitative estimate of drug-likeness (QED) is 0.154. The van der Waals surface area contributed by atoms with Crippen molar-refractivity contribution in [2.75, 3.05) is 9.80 Å². The summed E-state index contributed by atoms with van der Waals surface area (Å²) in [6, 6.07) is 54.3. The van der Waals surface area contributed by atoms with Crippen molar-refractivity contribution in [2.24, 2.45) is 0 Å². The number of para-hydroxylation sites is 4. The minimum Gasteiger partial charge on any atom is -0.452 e. The predicted octanol–water partition coefficient (Wildman–Crippen LogP) is 14.8. The lowest BCUT2D eigenvalue weighted by atomic mass is 9.76. The first kappa shape index (κ1) is 33.0. The van der Waals surface area contributed by atoms with Crippen molar-refractivity contribution in [1.29, 1.82) is 0 Å². The van der Waals surface area contributed by atoms with Gasteiger partial charge in [-0.25, -0.2) is 0 Å². The lowest BCUT2D eigenvalue weighted by Gasteiger charge is -2.28. The van der Waals surface area contributed by atoms with Crippen molar-refractivity contribution >= 4 is 67.6 Å². The zero-order valence-electron chi connectivity index (χ0n) is 31.8. The fourth-order valence-corrected chi connectivity index (χ4v) is 9.46. The maximum atomic E-state index is 6.71. The Morgan fingerprint density at radius 1 is 0.345 bits per heavy atom. The average molecular weight is 755 g/mol. The van der Waals surface area contributed by atoms with E-state index < -0.39 is 0 Å². The first-order valence-corrected chi connectivity index (χ1v) is 20.2. The zero-order valence-corrected chi connectivity index (χ0v) is 31.8. The third-order valence-electron chi connectivity index (χ3n) is 11.9. The topological polar surface area (TPSA) is 59.0 Å². The van der Waals surface area contributed by atoms with Crippen LogP contribution >= 0.6 is 0 Å². The lowest BCUT2D eigenvalue weighted by Crippen LogP contribution is -2.11. The highest BCUT2D eigenvalue weighted by Crippen LogP contribution is 2.49. The van der Waals surface area contributed by atoms with E-state index in [4.69, 9.17) is 17.7 Å². The van der Waals surface area contributed by atoms with Gasteiger partial charge in [0, 0.05) is 58.1 Å². The van der Waals surface area contributed by atoms with Gasteiger partial charge in [-0.15, -0.1) is 0 Å². The molecule has 0 atom stereocenters. The summed E-state index contributed by atoms with van der Waals surface area (Å²) in [7, 11) is 0. The van der Waals surface area contributed by atoms with Gasteiger partial charge in [0.1, 0.15) is 11.5 Å². The highest BCUT2D eigenvalue weighted by atomic mass is 16.4. The Labute approximate surface area is 335 Å². The molecule has 0 unspecified atom stereocenters. The smallest absolute Gasteiger partial charge is 0.209 e. The Balaban J connectivity index is 0.934. The molecule has 10 aromatic rings. The van der Waals surface area contributed by atoms with Crippen molar-refractivity contribution < 1.29 is 17.7 Å². The number of hydrogen-bond donors (Lipinski definition) is 0. The van der Waals surface area contributed by atoms with Crippen LogP contribution in [0.4, 0.5) is 34.5 Å². The molecule has 58 heavy (non-hydrogen) atoms. The first-order chi connectivity index (χ1) is 28.7. The summed E-state index contributed by atoms with van der Waals surface area (Å²) in [5, 5.41) is 2.81. The maximum Gasteiger partial charge on any atom is 0.209 e. The van der Waals surface area contributed by atoms with Crippen molar-refractivity contribution in [3.63, 3.8) is 0 Å². The standard InChI is InChI=1S/C52H38N2O4/c1-5-17-35(18-6-1)53(36-19-7-2-8-20-36)49-31-47-45(57-49)29-43(55-47)41-27-33-15-14-26-40-42(28-34-16-13-25-39(41)51(34)52(33)40)44-30-46-48(56-44)32-50(58-46)54(37-21-9-3-10-22-37)38-23-11-4-12-24-38/h1-12,17-24,27-32H,13-16,25-26H2. The Bertz CT molecular complexity index is 2760. The van der Waals surface area contributed by atoms with Crippen LogP contribution in [0.25, 0.3) is 55.8 Å². The summed E-state index contributed by atoms with van der Waals surface area (Å²) in [6.07, 6.45) is 6.24. The van der Waals surface area contributed by atoms with E-state index in [1.165, 1.54) is 44.2 Å². The van der Waals surface area contributed by atoms with Gasteiger partial charge in [-0.2, -0.15) is 0 Å². The Kier molecular flexibility index (Phi) is 7.52. The van der Waals surface area contributed by atoms with Crippen LogP contribution in [0.5, 0.6) is 0 Å². The minimum atomic E-state index is 0.720. The van der Waals surface area contributed by atoms with Crippen LogP contribution in [0, 0.1) is 0 Å². The van der Waals surface area contributed by atoms with Gasteiger partial charge in [0.05, 0.1) is 0 Å². The largest absolute Gasteiger partial charge is 0.452 e. The SMILES string of the molecule is c1ccc(N(c2ccccc2)c2cc3oc(-c4cc5c6c(c(-c7cc8oc(N(c9ccccc9)c9ccccc9)cc8o7)cc7c6c4CCC7)CCC5)cc3o2)cc1. The highest BCUT2D eigenvalue weighted by molar-refractivity contribution is 6.03. The number of fused-ring (bicyclic) bond motifs is 2. The molecule has 2 aliphatic rings. The fraction of sp³-hybridized carbons (Fsp3) is 0.115. The van der Waals surface area contributed by atoms with Gasteiger partial charge in [-0.1, -0.05) is 72.8 Å². The van der Waals surface area contributed by atoms with Gasteiger partial charge < -0.3 is 17.7 Å². The molecule has 0 spiro atoms. The molecule has 0 amide bonds. The number of furan rings is 4. The molecular weight excluding hydrogens is 717 g/mol. The van der Waals surface area contributed by atoms with Crippen LogP contribution in [-0.4, -0.2) is 0 Å². The summed E-state index contributed by atoms with van der Waals surface area (Å²) in [4.78, 5) is 4.26. The van der Waals surface area contributed by atoms with Gasteiger partial charge in [-0.3, -0.25) is 9.80 Å². The molecule has 0 bridgehead atoms. The number of anilines is 6. The molecule has 6 aromatic carbocycles. The van der Waals surface area contributed by atoms with E-state index in [9.17, 15) is 0 Å². The molecule has 4 aromatic heterocycles. The molecule has 0 aliphatic heterocycles. The van der Waals surface area contributed by atoms with Gasteiger partial charge in [-0.05, 0) is 132 Å². The van der Waals surface area contributed by atoms with Gasteiger partial charge in [0.15, 0.2) is 22.3 Å². The molecule has 6 heteroatoms. The maximum absolute atomic E-state index is 6.71. The fourth-order valence-electron chi connectivity index (χ4n) is 9.46. The summed E-state index contributed by atoms with van der Waals surface area (Å²) in [5.74, 6) is 3.17. The van der Waals surface area contributed by atoms with Gasteiger partial charge in [0.25, 0.3) is 0 Å². The lowest BCUT2D eigenvalue weighted by molar-refractivity contribution is 0.615. The van der Waals surface area contributed by atoms with E-state index in [1.54, 1.807) is 0 Å². The van der Waals surface area contributed by atoms with Gasteiger partial charge in [0.2, 0.25) is 11.8 Å². The van der Waals surface area contributed by atoms with Crippen LogP contribution in [-0.2, 0) is 25.7 Å². The zero-order chi connectivity index (χ0) is 38.2. The van der Waals surface area contributed by atoms with E-state index in [1.807, 2.05) is 84.9 Å². The highest BCUT2D eigenvalue weighted by Gasteiger charge is 2.29. The monoisotopic (exact) mass is 754 g/mol. The molecule has 0 fully saturated rings. The second kappa shape index (κ2) is 13.2. The molecule has 0 radical (unpaired) electrons. The summed E-state index contributed by atoms with van der Waals surface area (Å²) >= 11 is 0. The second-order valence-electron chi connectivity index (χ2n) is 15.4. The van der Waals surface area contributed by atoms with E-state index in [-0.39, 0.29) is 0 Å². The average Bonchev–Trinajstić information content (AvgIpc) is 4.06. The summed E-state index contributed by atoms with van der Waals surface area (Å²) in [5.41, 5.74) is 15.0. The molecule has 0 saturated heterocycles. The van der Waals surface area contributed by atoms with Crippen molar-refractivity contribution in [3.8, 4) is 22.6 Å². The van der Waals surface area contributed by atoms with Crippen LogP contribution in [0.3, 0.4) is 0 Å². The molecule has 0 N–H and O–H groups in total. The third-order valence-corrected chi connectivity index (χ3v) is 11.9. The number of benzene rings is 6. The normalized spacial score (nSPS) is 13.4. The number of hydrogen-bond acceptors (Lipinski definition) is 6. The third kappa shape index (κ3) is 5.32. The van der Waals surface area contributed by atoms with Crippen LogP contribution in [0.15, 0.2) is 175 Å². The first-order valence-electron chi connectivity index (χ1n) is 20.2. The van der Waals surface area contributed by atoms with Gasteiger partial charge >= 0.3 is 0 Å². The van der Waals surface area contributed by atoms with Crippen molar-refractivity contribution in [2.45, 2.75) is 38.5 Å². The van der Waals surface area contributed by atoms with E-state index in [0.717, 1.165) is 107 Å². The molecule has 280 valence electrons. The Morgan fingerprint density at radius 3 is 1.03 bits per heavy atom. The molecule has 6 nitrogen and oxygen atoms in total. The van der Waals surface area contributed by atoms with Crippen molar-refractivity contribution in [1.82, 2.24) is 0 Å². The Hall–Kier alpha value is -7.18. The summed E-state index contributed by atoms with van der Waals surface area (Å²) < 4.78 is 26.6. The second-order valence-corrected chi connectivity index (χ2v) is 15.4. The van der Waals surface area contributed by atoms with Crippen LogP contribution < -0.4 is 9.80 Å². The minimum absolute atomic E-state index is 0.720.